The van der Waals surface area contributed by atoms with Crippen LogP contribution in [0.25, 0.3) is 0 Å². The molecule has 1 fully saturated rings. The highest BCUT2D eigenvalue weighted by atomic mass is 19.1. The quantitative estimate of drug-likeness (QED) is 0.670. The van der Waals surface area contributed by atoms with Gasteiger partial charge in [-0.3, -0.25) is 9.78 Å². The Morgan fingerprint density at radius 2 is 2.50 bits per heavy atom. The Kier molecular flexibility index (Phi) is 2.54. The molecular weight excluding hydrogens is 185 g/mol. The van der Waals surface area contributed by atoms with Crippen molar-refractivity contribution in [2.24, 2.45) is 5.92 Å². The number of pyridine rings is 1. The molecule has 14 heavy (non-hydrogen) atoms. The van der Waals surface area contributed by atoms with E-state index in [-0.39, 0.29) is 17.4 Å². The van der Waals surface area contributed by atoms with E-state index in [4.69, 9.17) is 4.74 Å². The van der Waals surface area contributed by atoms with Crippen LogP contribution < -0.4 is 0 Å². The molecule has 0 aromatic carbocycles. The van der Waals surface area contributed by atoms with Crippen molar-refractivity contribution in [2.75, 3.05) is 13.2 Å². The second kappa shape index (κ2) is 3.84. The first-order valence-electron chi connectivity index (χ1n) is 4.51. The van der Waals surface area contributed by atoms with Gasteiger partial charge in [0.1, 0.15) is 5.69 Å². The van der Waals surface area contributed by atoms with Gasteiger partial charge in [-0.05, 0) is 18.6 Å². The van der Waals surface area contributed by atoms with E-state index in [1.807, 2.05) is 0 Å². The standard InChI is InChI=1S/C10H10FNO2/c11-8-2-1-4-12-9(8)10(13)7-3-5-14-6-7/h1-2,4,7H,3,5-6H2. The first-order chi connectivity index (χ1) is 6.79. The maximum Gasteiger partial charge on any atom is 0.189 e. The number of carbonyl (C=O) groups excluding carboxylic acids is 1. The van der Waals surface area contributed by atoms with Gasteiger partial charge >= 0.3 is 0 Å². The number of aromatic nitrogens is 1. The van der Waals surface area contributed by atoms with E-state index in [1.54, 1.807) is 0 Å². The van der Waals surface area contributed by atoms with Crippen LogP contribution in [0.2, 0.25) is 0 Å². The van der Waals surface area contributed by atoms with Crippen molar-refractivity contribution < 1.29 is 13.9 Å². The van der Waals surface area contributed by atoms with E-state index >= 15 is 0 Å². The summed E-state index contributed by atoms with van der Waals surface area (Å²) in [5.41, 5.74) is -0.0667. The fourth-order valence-electron chi connectivity index (χ4n) is 1.50. The number of rotatable bonds is 2. The lowest BCUT2D eigenvalue weighted by atomic mass is 10.0. The third-order valence-electron chi connectivity index (χ3n) is 2.29. The van der Waals surface area contributed by atoms with Crippen LogP contribution in [0.3, 0.4) is 0 Å². The van der Waals surface area contributed by atoms with Gasteiger partial charge in [0.15, 0.2) is 11.6 Å². The summed E-state index contributed by atoms with van der Waals surface area (Å²) in [4.78, 5) is 15.4. The molecule has 1 aromatic heterocycles. The Morgan fingerprint density at radius 1 is 1.64 bits per heavy atom. The molecule has 0 saturated carbocycles. The van der Waals surface area contributed by atoms with Crippen molar-refractivity contribution in [1.82, 2.24) is 4.98 Å². The Labute approximate surface area is 80.9 Å². The van der Waals surface area contributed by atoms with Crippen molar-refractivity contribution in [2.45, 2.75) is 6.42 Å². The topological polar surface area (TPSA) is 39.2 Å². The van der Waals surface area contributed by atoms with E-state index in [0.717, 1.165) is 0 Å². The summed E-state index contributed by atoms with van der Waals surface area (Å²) in [6, 6.07) is 2.72. The number of nitrogens with zero attached hydrogens (tertiary/aromatic N) is 1. The molecule has 1 aliphatic heterocycles. The SMILES string of the molecule is O=C(c1ncccc1F)C1CCOC1. The third-order valence-corrected chi connectivity index (χ3v) is 2.29. The maximum absolute atomic E-state index is 13.2. The number of hydrogen-bond donors (Lipinski definition) is 0. The molecule has 3 nitrogen and oxygen atoms in total. The summed E-state index contributed by atoms with van der Waals surface area (Å²) < 4.78 is 18.2. The molecule has 1 saturated heterocycles. The Hall–Kier alpha value is -1.29. The van der Waals surface area contributed by atoms with Gasteiger partial charge in [-0.1, -0.05) is 0 Å². The van der Waals surface area contributed by atoms with Gasteiger partial charge in [-0.2, -0.15) is 0 Å². The number of hydrogen-bond acceptors (Lipinski definition) is 3. The van der Waals surface area contributed by atoms with Gasteiger partial charge in [0.2, 0.25) is 0 Å². The van der Waals surface area contributed by atoms with Crippen LogP contribution in [0.4, 0.5) is 4.39 Å². The summed E-state index contributed by atoms with van der Waals surface area (Å²) in [5, 5.41) is 0. The minimum atomic E-state index is -0.551. The summed E-state index contributed by atoms with van der Waals surface area (Å²) >= 11 is 0. The molecule has 1 unspecified atom stereocenters. The smallest absolute Gasteiger partial charge is 0.189 e. The molecule has 0 amide bonds. The van der Waals surface area contributed by atoms with E-state index < -0.39 is 5.82 Å². The van der Waals surface area contributed by atoms with Gasteiger partial charge in [-0.15, -0.1) is 0 Å². The van der Waals surface area contributed by atoms with E-state index in [9.17, 15) is 9.18 Å². The predicted octanol–water partition coefficient (Wildman–Crippen LogP) is 1.44. The van der Waals surface area contributed by atoms with Crippen molar-refractivity contribution in [1.29, 1.82) is 0 Å². The second-order valence-corrected chi connectivity index (χ2v) is 3.26. The van der Waals surface area contributed by atoms with Gasteiger partial charge in [0, 0.05) is 18.7 Å². The number of halogens is 1. The lowest BCUT2D eigenvalue weighted by Crippen LogP contribution is -2.17. The molecule has 1 aromatic rings. The highest BCUT2D eigenvalue weighted by Gasteiger charge is 2.27. The number of ether oxygens (including phenoxy) is 1. The highest BCUT2D eigenvalue weighted by Crippen LogP contribution is 2.18. The molecule has 0 N–H and O–H groups in total. The van der Waals surface area contributed by atoms with Crippen LogP contribution in [0, 0.1) is 11.7 Å². The molecule has 0 spiro atoms. The van der Waals surface area contributed by atoms with Crippen LogP contribution in [-0.2, 0) is 4.74 Å². The van der Waals surface area contributed by atoms with Gasteiger partial charge < -0.3 is 4.74 Å². The molecule has 4 heteroatoms. The van der Waals surface area contributed by atoms with E-state index in [0.29, 0.717) is 19.6 Å². The zero-order valence-electron chi connectivity index (χ0n) is 7.57. The number of carbonyl (C=O) groups is 1. The number of Topliss-reactive ketones (excluding diaryl/α,β-unsaturated/α-hetero) is 1. The van der Waals surface area contributed by atoms with Crippen LogP contribution >= 0.6 is 0 Å². The van der Waals surface area contributed by atoms with E-state index in [2.05, 4.69) is 4.98 Å². The summed E-state index contributed by atoms with van der Waals surface area (Å²) in [7, 11) is 0. The molecule has 1 atom stereocenters. The normalized spacial score (nSPS) is 21.1. The molecule has 2 rings (SSSR count). The molecule has 1 aliphatic rings. The first kappa shape index (κ1) is 9.27. The molecule has 0 radical (unpaired) electrons. The Morgan fingerprint density at radius 3 is 3.14 bits per heavy atom. The largest absolute Gasteiger partial charge is 0.381 e. The van der Waals surface area contributed by atoms with Crippen LogP contribution in [0.5, 0.6) is 0 Å². The molecular formula is C10H10FNO2. The fraction of sp³-hybridized carbons (Fsp3) is 0.400. The van der Waals surface area contributed by atoms with Crippen molar-refractivity contribution in [3.8, 4) is 0 Å². The molecule has 2 heterocycles. The summed E-state index contributed by atoms with van der Waals surface area (Å²) in [5.74, 6) is -1.02. The maximum atomic E-state index is 13.2. The lowest BCUT2D eigenvalue weighted by molar-refractivity contribution is 0.0890. The zero-order valence-corrected chi connectivity index (χ0v) is 7.57. The minimum Gasteiger partial charge on any atom is -0.381 e. The Balaban J connectivity index is 2.22. The van der Waals surface area contributed by atoms with Gasteiger partial charge in [0.05, 0.1) is 6.61 Å². The van der Waals surface area contributed by atoms with Gasteiger partial charge in [-0.25, -0.2) is 4.39 Å². The van der Waals surface area contributed by atoms with Crippen molar-refractivity contribution in [3.63, 3.8) is 0 Å². The lowest BCUT2D eigenvalue weighted by Gasteiger charge is -2.05. The third kappa shape index (κ3) is 1.65. The van der Waals surface area contributed by atoms with Crippen molar-refractivity contribution in [3.05, 3.63) is 29.8 Å². The van der Waals surface area contributed by atoms with Crippen molar-refractivity contribution >= 4 is 5.78 Å². The first-order valence-corrected chi connectivity index (χ1v) is 4.51. The van der Waals surface area contributed by atoms with Crippen LogP contribution in [-0.4, -0.2) is 24.0 Å². The molecule has 0 bridgehead atoms. The van der Waals surface area contributed by atoms with Gasteiger partial charge in [0.25, 0.3) is 0 Å². The Bertz CT molecular complexity index is 348. The monoisotopic (exact) mass is 195 g/mol. The fourth-order valence-corrected chi connectivity index (χ4v) is 1.50. The average Bonchev–Trinajstić information content (AvgIpc) is 2.70. The van der Waals surface area contributed by atoms with E-state index in [1.165, 1.54) is 18.3 Å². The zero-order chi connectivity index (χ0) is 9.97. The predicted molar refractivity (Wildman–Crippen MR) is 47.5 cm³/mol. The second-order valence-electron chi connectivity index (χ2n) is 3.26. The number of ketones is 1. The highest BCUT2D eigenvalue weighted by molar-refractivity contribution is 5.96. The summed E-state index contributed by atoms with van der Waals surface area (Å²) in [6.45, 7) is 0.958. The van der Waals surface area contributed by atoms with Crippen LogP contribution in [0.1, 0.15) is 16.9 Å². The molecule has 74 valence electrons. The average molecular weight is 195 g/mol. The minimum absolute atomic E-state index is 0.0667. The summed E-state index contributed by atoms with van der Waals surface area (Å²) in [6.07, 6.45) is 2.08. The molecule has 0 aliphatic carbocycles. The van der Waals surface area contributed by atoms with Crippen LogP contribution in [0.15, 0.2) is 18.3 Å².